The summed E-state index contributed by atoms with van der Waals surface area (Å²) in [7, 11) is 0. The molecule has 21 heavy (non-hydrogen) atoms. The molecule has 1 aromatic heterocycles. The minimum atomic E-state index is 0.0256. The van der Waals surface area contributed by atoms with Gasteiger partial charge in [-0.05, 0) is 5.92 Å². The Morgan fingerprint density at radius 3 is 3.00 bits per heavy atom. The molecular formula is C14H24N4O2S. The molecule has 0 aromatic carbocycles. The highest BCUT2D eigenvalue weighted by molar-refractivity contribution is 7.09. The molecular weight excluding hydrogens is 288 g/mol. The number of nitrogens with two attached hydrogens (primary N) is 1. The lowest BCUT2D eigenvalue weighted by Crippen LogP contribution is -2.41. The highest BCUT2D eigenvalue weighted by Gasteiger charge is 2.14. The average molecular weight is 312 g/mol. The van der Waals surface area contributed by atoms with Crippen molar-refractivity contribution in [3.63, 3.8) is 0 Å². The number of ether oxygens (including phenoxy) is 1. The number of nitrogens with one attached hydrogen (secondary N) is 1. The Labute approximate surface area is 129 Å². The van der Waals surface area contributed by atoms with Crippen molar-refractivity contribution in [3.8, 4) is 0 Å². The monoisotopic (exact) mass is 312 g/mol. The highest BCUT2D eigenvalue weighted by Crippen LogP contribution is 2.09. The predicted molar refractivity (Wildman–Crippen MR) is 83.1 cm³/mol. The van der Waals surface area contributed by atoms with Gasteiger partial charge in [-0.2, -0.15) is 0 Å². The summed E-state index contributed by atoms with van der Waals surface area (Å²) in [5, 5.41) is 5.76. The molecule has 0 aliphatic carbocycles. The molecule has 1 fully saturated rings. The Kier molecular flexibility index (Phi) is 6.56. The van der Waals surface area contributed by atoms with Gasteiger partial charge >= 0.3 is 0 Å². The molecule has 1 aromatic rings. The zero-order valence-electron chi connectivity index (χ0n) is 12.5. The van der Waals surface area contributed by atoms with Crippen molar-refractivity contribution in [1.29, 1.82) is 0 Å². The Morgan fingerprint density at radius 1 is 1.57 bits per heavy atom. The van der Waals surface area contributed by atoms with Crippen LogP contribution in [0.25, 0.3) is 0 Å². The maximum absolute atomic E-state index is 11.9. The number of hydrogen-bond donors (Lipinski definition) is 2. The number of nitrogens with zero attached hydrogens (tertiary/aromatic N) is 2. The van der Waals surface area contributed by atoms with Crippen LogP contribution in [-0.2, 0) is 22.5 Å². The summed E-state index contributed by atoms with van der Waals surface area (Å²) in [4.78, 5) is 18.6. The van der Waals surface area contributed by atoms with Crippen LogP contribution in [0.15, 0.2) is 5.38 Å². The largest absolute Gasteiger partial charge is 0.379 e. The minimum absolute atomic E-state index is 0.0256. The first-order chi connectivity index (χ1) is 10.2. The lowest BCUT2D eigenvalue weighted by atomic mass is 10.1. The number of morpholine rings is 1. The number of carbonyl (C=O) groups excluding carboxylic acids is 1. The molecule has 7 heteroatoms. The lowest BCUT2D eigenvalue weighted by molar-refractivity contribution is -0.120. The quantitative estimate of drug-likeness (QED) is 0.753. The third kappa shape index (κ3) is 5.70. The van der Waals surface area contributed by atoms with Crippen LogP contribution in [0.3, 0.4) is 0 Å². The van der Waals surface area contributed by atoms with Gasteiger partial charge in [-0.25, -0.2) is 4.98 Å². The molecule has 0 bridgehead atoms. The van der Waals surface area contributed by atoms with Crippen LogP contribution in [0.1, 0.15) is 17.6 Å². The number of carbonyl (C=O) groups is 1. The molecule has 1 unspecified atom stereocenters. The van der Waals surface area contributed by atoms with Gasteiger partial charge in [0.05, 0.1) is 25.3 Å². The lowest BCUT2D eigenvalue weighted by Gasteiger charge is -2.29. The first-order valence-corrected chi connectivity index (χ1v) is 8.25. The second-order valence-electron chi connectivity index (χ2n) is 5.44. The Hall–Kier alpha value is -1.02. The van der Waals surface area contributed by atoms with Crippen molar-refractivity contribution in [3.05, 3.63) is 16.1 Å². The van der Waals surface area contributed by atoms with Crippen molar-refractivity contribution in [1.82, 2.24) is 15.2 Å². The van der Waals surface area contributed by atoms with Crippen LogP contribution >= 0.6 is 11.3 Å². The van der Waals surface area contributed by atoms with Crippen LogP contribution in [0, 0.1) is 5.92 Å². The standard InChI is InChI=1S/C14H24N4O2S/c1-11(9-18-2-4-20-5-3-18)8-16-13(19)6-12-10-21-14(7-15)17-12/h10-11H,2-9,15H2,1H3,(H,16,19). The van der Waals surface area contributed by atoms with E-state index in [1.54, 1.807) is 0 Å². The fraction of sp³-hybridized carbons (Fsp3) is 0.714. The van der Waals surface area contributed by atoms with E-state index in [0.29, 0.717) is 25.4 Å². The zero-order valence-corrected chi connectivity index (χ0v) is 13.3. The number of amides is 1. The van der Waals surface area contributed by atoms with E-state index in [-0.39, 0.29) is 5.91 Å². The van der Waals surface area contributed by atoms with Gasteiger partial charge in [0.1, 0.15) is 5.01 Å². The van der Waals surface area contributed by atoms with E-state index in [1.165, 1.54) is 11.3 Å². The fourth-order valence-corrected chi connectivity index (χ4v) is 3.00. The van der Waals surface area contributed by atoms with Crippen molar-refractivity contribution in [2.24, 2.45) is 11.7 Å². The summed E-state index contributed by atoms with van der Waals surface area (Å²) in [5.74, 6) is 0.458. The first-order valence-electron chi connectivity index (χ1n) is 7.37. The molecule has 3 N–H and O–H groups in total. The maximum Gasteiger partial charge on any atom is 0.226 e. The highest BCUT2D eigenvalue weighted by atomic mass is 32.1. The summed E-state index contributed by atoms with van der Waals surface area (Å²) in [6, 6.07) is 0. The topological polar surface area (TPSA) is 80.5 Å². The molecule has 1 aliphatic rings. The first kappa shape index (κ1) is 16.4. The molecule has 0 saturated carbocycles. The van der Waals surface area contributed by atoms with E-state index in [0.717, 1.165) is 43.5 Å². The van der Waals surface area contributed by atoms with E-state index in [9.17, 15) is 4.79 Å². The Bertz CT molecular complexity index is 446. The van der Waals surface area contributed by atoms with Gasteiger partial charge in [0.25, 0.3) is 0 Å². The van der Waals surface area contributed by atoms with E-state index in [1.807, 2.05) is 5.38 Å². The van der Waals surface area contributed by atoms with E-state index < -0.39 is 0 Å². The minimum Gasteiger partial charge on any atom is -0.379 e. The summed E-state index contributed by atoms with van der Waals surface area (Å²) >= 11 is 1.50. The van der Waals surface area contributed by atoms with E-state index in [4.69, 9.17) is 10.5 Å². The van der Waals surface area contributed by atoms with E-state index >= 15 is 0 Å². The van der Waals surface area contributed by atoms with Gasteiger partial charge in [0.2, 0.25) is 5.91 Å². The molecule has 1 amide bonds. The van der Waals surface area contributed by atoms with Gasteiger partial charge < -0.3 is 15.8 Å². The number of aromatic nitrogens is 1. The van der Waals surface area contributed by atoms with Gasteiger partial charge in [-0.1, -0.05) is 6.92 Å². The molecule has 1 saturated heterocycles. The van der Waals surface area contributed by atoms with Gasteiger partial charge in [-0.15, -0.1) is 11.3 Å². The summed E-state index contributed by atoms with van der Waals surface area (Å²) in [6.07, 6.45) is 0.334. The van der Waals surface area contributed by atoms with Crippen LogP contribution in [-0.4, -0.2) is 55.2 Å². The molecule has 2 rings (SSSR count). The van der Waals surface area contributed by atoms with Gasteiger partial charge in [0, 0.05) is 38.1 Å². The second kappa shape index (κ2) is 8.43. The summed E-state index contributed by atoms with van der Waals surface area (Å²) in [6.45, 7) is 7.88. The number of rotatable bonds is 7. The molecule has 6 nitrogen and oxygen atoms in total. The number of hydrogen-bond acceptors (Lipinski definition) is 6. The third-order valence-corrected chi connectivity index (χ3v) is 4.36. The summed E-state index contributed by atoms with van der Waals surface area (Å²) < 4.78 is 5.33. The fourth-order valence-electron chi connectivity index (χ4n) is 2.33. The zero-order chi connectivity index (χ0) is 15.1. The molecule has 0 radical (unpaired) electrons. The van der Waals surface area contributed by atoms with Crippen LogP contribution in [0.4, 0.5) is 0 Å². The van der Waals surface area contributed by atoms with Crippen molar-refractivity contribution in [2.45, 2.75) is 19.9 Å². The molecule has 2 heterocycles. The molecule has 118 valence electrons. The van der Waals surface area contributed by atoms with Gasteiger partial charge in [0.15, 0.2) is 0 Å². The molecule has 1 aliphatic heterocycles. The predicted octanol–water partition coefficient (Wildman–Crippen LogP) is 0.229. The number of thiazole rings is 1. The average Bonchev–Trinajstić information content (AvgIpc) is 2.94. The van der Waals surface area contributed by atoms with Crippen LogP contribution in [0.2, 0.25) is 0 Å². The van der Waals surface area contributed by atoms with Crippen molar-refractivity contribution < 1.29 is 9.53 Å². The maximum atomic E-state index is 11.9. The smallest absolute Gasteiger partial charge is 0.226 e. The third-order valence-electron chi connectivity index (χ3n) is 3.44. The normalized spacial score (nSPS) is 17.6. The van der Waals surface area contributed by atoms with E-state index in [2.05, 4.69) is 22.1 Å². The molecule has 0 spiro atoms. The van der Waals surface area contributed by atoms with Crippen LogP contribution < -0.4 is 11.1 Å². The summed E-state index contributed by atoms with van der Waals surface area (Å²) in [5.41, 5.74) is 6.32. The van der Waals surface area contributed by atoms with Crippen LogP contribution in [0.5, 0.6) is 0 Å². The Balaban J connectivity index is 1.65. The second-order valence-corrected chi connectivity index (χ2v) is 6.38. The molecule has 1 atom stereocenters. The van der Waals surface area contributed by atoms with Crippen molar-refractivity contribution >= 4 is 17.2 Å². The Morgan fingerprint density at radius 2 is 2.33 bits per heavy atom. The van der Waals surface area contributed by atoms with Crippen molar-refractivity contribution in [2.75, 3.05) is 39.4 Å². The SMILES string of the molecule is CC(CNC(=O)Cc1csc(CN)n1)CN1CCOCC1. The van der Waals surface area contributed by atoms with Gasteiger partial charge in [-0.3, -0.25) is 9.69 Å².